The van der Waals surface area contributed by atoms with Crippen LogP contribution < -0.4 is 5.73 Å². The molecule has 0 spiro atoms. The predicted octanol–water partition coefficient (Wildman–Crippen LogP) is 0.661. The van der Waals surface area contributed by atoms with Crippen LogP contribution in [0.2, 0.25) is 0 Å². The van der Waals surface area contributed by atoms with Gasteiger partial charge in [-0.3, -0.25) is 4.79 Å². The van der Waals surface area contributed by atoms with Crippen molar-refractivity contribution in [1.82, 2.24) is 4.90 Å². The van der Waals surface area contributed by atoms with Crippen LogP contribution in [0.3, 0.4) is 0 Å². The van der Waals surface area contributed by atoms with Gasteiger partial charge in [0.05, 0.1) is 5.56 Å². The third-order valence-corrected chi connectivity index (χ3v) is 3.12. The number of carbonyl (C=O) groups excluding carboxylic acids is 1. The summed E-state index contributed by atoms with van der Waals surface area (Å²) in [5.41, 5.74) is 5.73. The molecule has 0 radical (unpaired) electrons. The number of likely N-dealkylation sites (tertiary alicyclic amines) is 1. The van der Waals surface area contributed by atoms with Crippen LogP contribution in [0.1, 0.15) is 23.2 Å². The van der Waals surface area contributed by atoms with Crippen LogP contribution in [0.25, 0.3) is 0 Å². The summed E-state index contributed by atoms with van der Waals surface area (Å²) < 4.78 is 0. The Morgan fingerprint density at radius 1 is 1.47 bits per heavy atom. The van der Waals surface area contributed by atoms with Crippen molar-refractivity contribution < 1.29 is 15.0 Å². The molecular formula is C12H16N2O3. The number of nitrogens with zero attached hydrogens (tertiary/aromatic N) is 1. The van der Waals surface area contributed by atoms with E-state index in [0.29, 0.717) is 13.1 Å². The van der Waals surface area contributed by atoms with E-state index in [4.69, 9.17) is 5.73 Å². The van der Waals surface area contributed by atoms with Crippen molar-refractivity contribution in [3.63, 3.8) is 0 Å². The smallest absolute Gasteiger partial charge is 0.258 e. The minimum Gasteiger partial charge on any atom is -0.508 e. The summed E-state index contributed by atoms with van der Waals surface area (Å²) in [4.78, 5) is 13.8. The molecule has 1 fully saturated rings. The quantitative estimate of drug-likeness (QED) is 0.658. The molecule has 0 aromatic heterocycles. The Morgan fingerprint density at radius 2 is 2.24 bits per heavy atom. The lowest BCUT2D eigenvalue weighted by molar-refractivity contribution is 0.0737. The van der Waals surface area contributed by atoms with E-state index < -0.39 is 0 Å². The zero-order chi connectivity index (χ0) is 12.4. The SMILES string of the molecule is NCC1CCCN1C(=O)c1cc(O)ccc1O. The first kappa shape index (κ1) is 11.7. The zero-order valence-electron chi connectivity index (χ0n) is 9.47. The second-order valence-corrected chi connectivity index (χ2v) is 4.23. The summed E-state index contributed by atoms with van der Waals surface area (Å²) in [5, 5.41) is 19.0. The highest BCUT2D eigenvalue weighted by Crippen LogP contribution is 2.26. The Bertz CT molecular complexity index is 434. The van der Waals surface area contributed by atoms with E-state index in [1.165, 1.54) is 18.2 Å². The third-order valence-electron chi connectivity index (χ3n) is 3.12. The number of phenolic OH excluding ortho intramolecular Hbond substituents is 2. The largest absolute Gasteiger partial charge is 0.508 e. The van der Waals surface area contributed by atoms with Crippen LogP contribution in [-0.4, -0.2) is 40.2 Å². The van der Waals surface area contributed by atoms with Gasteiger partial charge in [0.2, 0.25) is 0 Å². The van der Waals surface area contributed by atoms with Crippen molar-refractivity contribution in [3.8, 4) is 11.5 Å². The molecule has 4 N–H and O–H groups in total. The molecule has 1 atom stereocenters. The highest BCUT2D eigenvalue weighted by Gasteiger charge is 2.29. The van der Waals surface area contributed by atoms with Gasteiger partial charge in [0.1, 0.15) is 11.5 Å². The molecular weight excluding hydrogens is 220 g/mol. The van der Waals surface area contributed by atoms with E-state index in [-0.39, 0.29) is 29.0 Å². The molecule has 2 rings (SSSR count). The number of benzene rings is 1. The summed E-state index contributed by atoms with van der Waals surface area (Å²) >= 11 is 0. The first-order valence-electron chi connectivity index (χ1n) is 5.66. The van der Waals surface area contributed by atoms with Crippen molar-refractivity contribution >= 4 is 5.91 Å². The van der Waals surface area contributed by atoms with Gasteiger partial charge in [-0.05, 0) is 31.0 Å². The second-order valence-electron chi connectivity index (χ2n) is 4.23. The number of hydrogen-bond donors (Lipinski definition) is 3. The Morgan fingerprint density at radius 3 is 2.94 bits per heavy atom. The van der Waals surface area contributed by atoms with Gasteiger partial charge >= 0.3 is 0 Å². The van der Waals surface area contributed by atoms with Gasteiger partial charge in [0.25, 0.3) is 5.91 Å². The molecule has 92 valence electrons. The maximum absolute atomic E-state index is 12.2. The minimum atomic E-state index is -0.272. The lowest BCUT2D eigenvalue weighted by atomic mass is 10.1. The van der Waals surface area contributed by atoms with Crippen molar-refractivity contribution in [2.75, 3.05) is 13.1 Å². The summed E-state index contributed by atoms with van der Waals surface area (Å²) in [7, 11) is 0. The van der Waals surface area contributed by atoms with Gasteiger partial charge in [-0.15, -0.1) is 0 Å². The molecule has 0 aliphatic carbocycles. The Hall–Kier alpha value is -1.75. The van der Waals surface area contributed by atoms with E-state index in [1.807, 2.05) is 0 Å². The molecule has 1 aromatic rings. The molecule has 0 saturated carbocycles. The lowest BCUT2D eigenvalue weighted by Crippen LogP contribution is -2.39. The number of phenols is 2. The Balaban J connectivity index is 2.27. The van der Waals surface area contributed by atoms with Gasteiger partial charge in [0, 0.05) is 19.1 Å². The van der Waals surface area contributed by atoms with Crippen LogP contribution in [0, 0.1) is 0 Å². The number of hydrogen-bond acceptors (Lipinski definition) is 4. The number of carbonyl (C=O) groups is 1. The fourth-order valence-corrected chi connectivity index (χ4v) is 2.20. The van der Waals surface area contributed by atoms with Crippen LogP contribution in [-0.2, 0) is 0 Å². The fourth-order valence-electron chi connectivity index (χ4n) is 2.20. The van der Waals surface area contributed by atoms with Crippen molar-refractivity contribution in [1.29, 1.82) is 0 Å². The standard InChI is InChI=1S/C12H16N2O3/c13-7-8-2-1-5-14(8)12(17)10-6-9(15)3-4-11(10)16/h3-4,6,8,15-16H,1-2,5,7,13H2. The van der Waals surface area contributed by atoms with E-state index in [0.717, 1.165) is 12.8 Å². The van der Waals surface area contributed by atoms with E-state index in [1.54, 1.807) is 4.90 Å². The predicted molar refractivity (Wildman–Crippen MR) is 62.9 cm³/mol. The monoisotopic (exact) mass is 236 g/mol. The van der Waals surface area contributed by atoms with Gasteiger partial charge in [-0.1, -0.05) is 0 Å². The topological polar surface area (TPSA) is 86.8 Å². The summed E-state index contributed by atoms with van der Waals surface area (Å²) in [5.74, 6) is -0.420. The molecule has 5 nitrogen and oxygen atoms in total. The molecule has 1 unspecified atom stereocenters. The highest BCUT2D eigenvalue weighted by molar-refractivity contribution is 5.97. The number of amides is 1. The van der Waals surface area contributed by atoms with Crippen LogP contribution in [0.5, 0.6) is 11.5 Å². The van der Waals surface area contributed by atoms with Crippen molar-refractivity contribution in [2.24, 2.45) is 5.73 Å². The first-order valence-corrected chi connectivity index (χ1v) is 5.66. The number of aromatic hydroxyl groups is 2. The maximum atomic E-state index is 12.2. The van der Waals surface area contributed by atoms with Crippen LogP contribution in [0.15, 0.2) is 18.2 Å². The number of rotatable bonds is 2. The van der Waals surface area contributed by atoms with Gasteiger partial charge < -0.3 is 20.8 Å². The Labute approximate surface area is 99.5 Å². The summed E-state index contributed by atoms with van der Waals surface area (Å²) in [6.45, 7) is 1.07. The van der Waals surface area contributed by atoms with E-state index in [9.17, 15) is 15.0 Å². The van der Waals surface area contributed by atoms with Gasteiger partial charge in [0.15, 0.2) is 0 Å². The molecule has 1 heterocycles. The van der Waals surface area contributed by atoms with E-state index in [2.05, 4.69) is 0 Å². The third kappa shape index (κ3) is 2.19. The molecule has 1 aromatic carbocycles. The minimum absolute atomic E-state index is 0.0317. The second kappa shape index (κ2) is 4.63. The average molecular weight is 236 g/mol. The molecule has 1 aliphatic heterocycles. The molecule has 1 aliphatic rings. The highest BCUT2D eigenvalue weighted by atomic mass is 16.3. The average Bonchev–Trinajstić information content (AvgIpc) is 2.79. The van der Waals surface area contributed by atoms with E-state index >= 15 is 0 Å². The normalized spacial score (nSPS) is 19.6. The maximum Gasteiger partial charge on any atom is 0.258 e. The van der Waals surface area contributed by atoms with Crippen LogP contribution >= 0.6 is 0 Å². The molecule has 1 amide bonds. The van der Waals surface area contributed by atoms with Crippen molar-refractivity contribution in [3.05, 3.63) is 23.8 Å². The molecule has 1 saturated heterocycles. The number of nitrogens with two attached hydrogens (primary N) is 1. The summed E-state index contributed by atoms with van der Waals surface area (Å²) in [6.07, 6.45) is 1.81. The zero-order valence-corrected chi connectivity index (χ0v) is 9.47. The fraction of sp³-hybridized carbons (Fsp3) is 0.417. The Kier molecular flexibility index (Phi) is 3.19. The van der Waals surface area contributed by atoms with Crippen LogP contribution in [0.4, 0.5) is 0 Å². The molecule has 17 heavy (non-hydrogen) atoms. The molecule has 0 bridgehead atoms. The first-order chi connectivity index (χ1) is 8.13. The van der Waals surface area contributed by atoms with Crippen molar-refractivity contribution in [2.45, 2.75) is 18.9 Å². The van der Waals surface area contributed by atoms with Gasteiger partial charge in [-0.25, -0.2) is 0 Å². The van der Waals surface area contributed by atoms with Gasteiger partial charge in [-0.2, -0.15) is 0 Å². The lowest BCUT2D eigenvalue weighted by Gasteiger charge is -2.23. The molecule has 5 heteroatoms. The summed E-state index contributed by atoms with van der Waals surface area (Å²) in [6, 6.07) is 3.97.